The fourth-order valence-electron chi connectivity index (χ4n) is 3.41. The number of aromatic nitrogens is 1. The molecular weight excluding hydrogens is 248 g/mol. The molecular formula is C17H28N2O. The van der Waals surface area contributed by atoms with Crippen molar-refractivity contribution in [1.29, 1.82) is 0 Å². The zero-order valence-electron chi connectivity index (χ0n) is 13.1. The zero-order chi connectivity index (χ0) is 14.4. The van der Waals surface area contributed by atoms with Gasteiger partial charge in [0.25, 0.3) is 0 Å². The number of pyridine rings is 1. The van der Waals surface area contributed by atoms with Crippen LogP contribution in [0, 0.1) is 5.92 Å². The van der Waals surface area contributed by atoms with E-state index < -0.39 is 0 Å². The summed E-state index contributed by atoms with van der Waals surface area (Å²) in [7, 11) is 0. The van der Waals surface area contributed by atoms with Gasteiger partial charge in [0.05, 0.1) is 11.6 Å². The van der Waals surface area contributed by atoms with Crippen LogP contribution < -0.4 is 5.32 Å². The zero-order valence-corrected chi connectivity index (χ0v) is 13.1. The first-order valence-electron chi connectivity index (χ1n) is 7.99. The second-order valence-corrected chi connectivity index (χ2v) is 5.96. The van der Waals surface area contributed by atoms with E-state index in [0.717, 1.165) is 31.9 Å². The van der Waals surface area contributed by atoms with E-state index in [0.29, 0.717) is 0 Å². The summed E-state index contributed by atoms with van der Waals surface area (Å²) in [6, 6.07) is 4.43. The Balaban J connectivity index is 2.27. The molecule has 1 aliphatic rings. The quantitative estimate of drug-likeness (QED) is 0.860. The Bertz CT molecular complexity index is 385. The molecule has 0 amide bonds. The van der Waals surface area contributed by atoms with Crippen molar-refractivity contribution >= 4 is 0 Å². The number of ether oxygens (including phenoxy) is 1. The van der Waals surface area contributed by atoms with Crippen LogP contribution >= 0.6 is 0 Å². The van der Waals surface area contributed by atoms with Gasteiger partial charge < -0.3 is 10.1 Å². The number of likely N-dealkylation sites (N-methyl/N-ethyl adjacent to an activating group) is 1. The maximum absolute atomic E-state index is 6.30. The van der Waals surface area contributed by atoms with Crippen molar-refractivity contribution < 1.29 is 4.74 Å². The van der Waals surface area contributed by atoms with Gasteiger partial charge in [-0.15, -0.1) is 0 Å². The molecule has 112 valence electrons. The molecule has 1 heterocycles. The summed E-state index contributed by atoms with van der Waals surface area (Å²) in [6.45, 7) is 8.34. The third-order valence-corrected chi connectivity index (χ3v) is 4.50. The van der Waals surface area contributed by atoms with Gasteiger partial charge in [-0.1, -0.05) is 19.9 Å². The second kappa shape index (κ2) is 7.19. The molecule has 3 heteroatoms. The third-order valence-electron chi connectivity index (χ3n) is 4.50. The van der Waals surface area contributed by atoms with E-state index in [-0.39, 0.29) is 11.6 Å². The van der Waals surface area contributed by atoms with Crippen molar-refractivity contribution in [2.45, 2.75) is 58.1 Å². The van der Waals surface area contributed by atoms with E-state index >= 15 is 0 Å². The highest BCUT2D eigenvalue weighted by molar-refractivity contribution is 5.19. The summed E-state index contributed by atoms with van der Waals surface area (Å²) in [5, 5.41) is 3.64. The Morgan fingerprint density at radius 3 is 2.70 bits per heavy atom. The number of nitrogens with one attached hydrogen (secondary N) is 1. The second-order valence-electron chi connectivity index (χ2n) is 5.96. The monoisotopic (exact) mass is 276 g/mol. The minimum Gasteiger partial charge on any atom is -0.373 e. The average molecular weight is 276 g/mol. The molecule has 1 fully saturated rings. The van der Waals surface area contributed by atoms with Crippen molar-refractivity contribution in [2.75, 3.05) is 13.2 Å². The highest BCUT2D eigenvalue weighted by Crippen LogP contribution is 2.43. The minimum atomic E-state index is -0.0691. The van der Waals surface area contributed by atoms with Gasteiger partial charge in [-0.2, -0.15) is 0 Å². The van der Waals surface area contributed by atoms with E-state index in [1.807, 2.05) is 18.5 Å². The molecule has 2 rings (SSSR count). The third kappa shape index (κ3) is 3.39. The van der Waals surface area contributed by atoms with Crippen molar-refractivity contribution in [3.63, 3.8) is 0 Å². The number of hydrogen-bond acceptors (Lipinski definition) is 3. The highest BCUT2D eigenvalue weighted by Gasteiger charge is 2.42. The molecule has 1 saturated carbocycles. The Kier molecular flexibility index (Phi) is 5.55. The normalized spacial score (nSPS) is 28.2. The maximum Gasteiger partial charge on any atom is 0.0876 e. The molecule has 20 heavy (non-hydrogen) atoms. The lowest BCUT2D eigenvalue weighted by atomic mass is 9.73. The Labute approximate surface area is 123 Å². The number of rotatable bonds is 6. The van der Waals surface area contributed by atoms with Crippen LogP contribution in [0.1, 0.15) is 58.1 Å². The van der Waals surface area contributed by atoms with Crippen LogP contribution in [0.3, 0.4) is 0 Å². The van der Waals surface area contributed by atoms with Crippen molar-refractivity contribution in [3.05, 3.63) is 30.1 Å². The predicted octanol–water partition coefficient (Wildman–Crippen LogP) is 3.72. The standard InChI is InChI=1S/C17H28N2O/c1-4-19-16(15-7-6-12-18-13-15)17(20-5-2)10-8-14(3)9-11-17/h6-7,12-14,16,19H,4-5,8-11H2,1-3H3. The molecule has 3 nitrogen and oxygen atoms in total. The van der Waals surface area contributed by atoms with E-state index in [1.54, 1.807) is 0 Å². The van der Waals surface area contributed by atoms with Gasteiger partial charge in [0, 0.05) is 19.0 Å². The Morgan fingerprint density at radius 1 is 1.40 bits per heavy atom. The van der Waals surface area contributed by atoms with E-state index in [4.69, 9.17) is 4.74 Å². The summed E-state index contributed by atoms with van der Waals surface area (Å²) in [5.41, 5.74) is 1.18. The molecule has 0 aromatic carbocycles. The highest BCUT2D eigenvalue weighted by atomic mass is 16.5. The van der Waals surface area contributed by atoms with Crippen LogP contribution in [-0.2, 0) is 4.74 Å². The minimum absolute atomic E-state index is 0.0691. The van der Waals surface area contributed by atoms with Crippen LogP contribution in [0.15, 0.2) is 24.5 Å². The lowest BCUT2D eigenvalue weighted by Crippen LogP contribution is -2.48. The molecule has 0 radical (unpaired) electrons. The van der Waals surface area contributed by atoms with Gasteiger partial charge in [0.1, 0.15) is 0 Å². The van der Waals surface area contributed by atoms with Crippen LogP contribution in [0.25, 0.3) is 0 Å². The van der Waals surface area contributed by atoms with E-state index in [9.17, 15) is 0 Å². The molecule has 0 aliphatic heterocycles. The molecule has 0 saturated heterocycles. The topological polar surface area (TPSA) is 34.2 Å². The van der Waals surface area contributed by atoms with Crippen molar-refractivity contribution in [2.24, 2.45) is 5.92 Å². The summed E-state index contributed by atoms with van der Waals surface area (Å²) >= 11 is 0. The summed E-state index contributed by atoms with van der Waals surface area (Å²) in [4.78, 5) is 4.29. The lowest BCUT2D eigenvalue weighted by molar-refractivity contribution is -0.0973. The lowest BCUT2D eigenvalue weighted by Gasteiger charge is -2.45. The molecule has 1 unspecified atom stereocenters. The van der Waals surface area contributed by atoms with Gasteiger partial charge in [0.15, 0.2) is 0 Å². The van der Waals surface area contributed by atoms with Crippen LogP contribution in [0.2, 0.25) is 0 Å². The maximum atomic E-state index is 6.30. The number of hydrogen-bond donors (Lipinski definition) is 1. The molecule has 1 aromatic heterocycles. The fraction of sp³-hybridized carbons (Fsp3) is 0.706. The first-order valence-corrected chi connectivity index (χ1v) is 7.99. The first kappa shape index (κ1) is 15.5. The van der Waals surface area contributed by atoms with Crippen molar-refractivity contribution in [1.82, 2.24) is 10.3 Å². The van der Waals surface area contributed by atoms with Gasteiger partial charge in [-0.05, 0) is 56.7 Å². The summed E-state index contributed by atoms with van der Waals surface area (Å²) in [6.07, 6.45) is 8.59. The van der Waals surface area contributed by atoms with Gasteiger partial charge in [0.2, 0.25) is 0 Å². The van der Waals surface area contributed by atoms with Crippen LogP contribution in [0.5, 0.6) is 0 Å². The molecule has 1 N–H and O–H groups in total. The fourth-order valence-corrected chi connectivity index (χ4v) is 3.41. The van der Waals surface area contributed by atoms with Crippen LogP contribution in [-0.4, -0.2) is 23.7 Å². The van der Waals surface area contributed by atoms with Gasteiger partial charge >= 0.3 is 0 Å². The molecule has 1 atom stereocenters. The molecule has 1 aromatic rings. The Morgan fingerprint density at radius 2 is 2.15 bits per heavy atom. The number of nitrogens with zero attached hydrogens (tertiary/aromatic N) is 1. The van der Waals surface area contributed by atoms with E-state index in [2.05, 4.69) is 37.1 Å². The first-order chi connectivity index (χ1) is 9.72. The smallest absolute Gasteiger partial charge is 0.0876 e. The predicted molar refractivity (Wildman–Crippen MR) is 82.6 cm³/mol. The molecule has 0 spiro atoms. The van der Waals surface area contributed by atoms with Crippen molar-refractivity contribution in [3.8, 4) is 0 Å². The summed E-state index contributed by atoms with van der Waals surface area (Å²) in [5.74, 6) is 0.819. The summed E-state index contributed by atoms with van der Waals surface area (Å²) < 4.78 is 6.30. The van der Waals surface area contributed by atoms with Gasteiger partial charge in [-0.3, -0.25) is 4.98 Å². The van der Waals surface area contributed by atoms with Crippen LogP contribution in [0.4, 0.5) is 0 Å². The Hall–Kier alpha value is -0.930. The SMILES string of the molecule is CCNC(c1cccnc1)C1(OCC)CCC(C)CC1. The average Bonchev–Trinajstić information content (AvgIpc) is 2.49. The van der Waals surface area contributed by atoms with Gasteiger partial charge in [-0.25, -0.2) is 0 Å². The molecule has 0 bridgehead atoms. The van der Waals surface area contributed by atoms with E-state index in [1.165, 1.54) is 18.4 Å². The largest absolute Gasteiger partial charge is 0.373 e. The molecule has 1 aliphatic carbocycles.